The summed E-state index contributed by atoms with van der Waals surface area (Å²) in [7, 11) is 1.30. The molecule has 2 rings (SSSR count). The average Bonchev–Trinajstić information content (AvgIpc) is 3.12. The smallest absolute Gasteiger partial charge is 0.337 e. The minimum atomic E-state index is -0.557. The maximum atomic E-state index is 11.7. The fourth-order valence-electron chi connectivity index (χ4n) is 1.77. The maximum Gasteiger partial charge on any atom is 0.337 e. The quantitative estimate of drug-likeness (QED) is 0.818. The van der Waals surface area contributed by atoms with Crippen LogP contribution in [0.15, 0.2) is 41.8 Å². The van der Waals surface area contributed by atoms with E-state index in [9.17, 15) is 14.4 Å². The van der Waals surface area contributed by atoms with Crippen LogP contribution < -0.4 is 5.32 Å². The van der Waals surface area contributed by atoms with E-state index in [4.69, 9.17) is 4.74 Å². The largest absolute Gasteiger partial charge is 0.465 e. The number of ether oxygens (including phenoxy) is 2. The first kappa shape index (κ1) is 16.7. The van der Waals surface area contributed by atoms with Crippen molar-refractivity contribution in [1.82, 2.24) is 5.32 Å². The summed E-state index contributed by atoms with van der Waals surface area (Å²) >= 11 is 1.29. The molecule has 0 aliphatic rings. The van der Waals surface area contributed by atoms with Gasteiger partial charge >= 0.3 is 11.9 Å². The van der Waals surface area contributed by atoms with Gasteiger partial charge in [0.25, 0.3) is 5.91 Å². The van der Waals surface area contributed by atoms with E-state index in [1.54, 1.807) is 41.8 Å². The van der Waals surface area contributed by atoms with E-state index in [2.05, 4.69) is 10.1 Å². The van der Waals surface area contributed by atoms with Crippen molar-refractivity contribution in [2.45, 2.75) is 6.61 Å². The Morgan fingerprint density at radius 1 is 1.17 bits per heavy atom. The topological polar surface area (TPSA) is 81.7 Å². The van der Waals surface area contributed by atoms with Crippen LogP contribution in [0.2, 0.25) is 0 Å². The molecule has 1 heterocycles. The van der Waals surface area contributed by atoms with E-state index < -0.39 is 11.9 Å². The Morgan fingerprint density at radius 2 is 2.00 bits per heavy atom. The molecular weight excluding hydrogens is 318 g/mol. The number of esters is 2. The van der Waals surface area contributed by atoms with Crippen LogP contribution in [0.4, 0.5) is 0 Å². The van der Waals surface area contributed by atoms with Crippen molar-refractivity contribution in [2.75, 3.05) is 13.7 Å². The Bertz CT molecular complexity index is 696. The molecule has 0 atom stereocenters. The summed E-state index contributed by atoms with van der Waals surface area (Å²) in [6.45, 7) is -0.202. The fourth-order valence-corrected chi connectivity index (χ4v) is 2.41. The van der Waals surface area contributed by atoms with Crippen molar-refractivity contribution in [3.8, 4) is 0 Å². The van der Waals surface area contributed by atoms with Gasteiger partial charge in [-0.15, -0.1) is 11.3 Å². The molecule has 120 valence electrons. The second-order valence-corrected chi connectivity index (χ2v) is 5.46. The molecule has 0 aliphatic carbocycles. The van der Waals surface area contributed by atoms with Gasteiger partial charge < -0.3 is 14.8 Å². The Labute approximate surface area is 137 Å². The van der Waals surface area contributed by atoms with Gasteiger partial charge in [0.05, 0.1) is 17.6 Å². The van der Waals surface area contributed by atoms with Gasteiger partial charge in [-0.1, -0.05) is 18.2 Å². The number of amides is 1. The number of hydrogen-bond acceptors (Lipinski definition) is 6. The van der Waals surface area contributed by atoms with E-state index >= 15 is 0 Å². The summed E-state index contributed by atoms with van der Waals surface area (Å²) in [5.74, 6) is -1.33. The van der Waals surface area contributed by atoms with E-state index in [0.29, 0.717) is 16.0 Å². The number of carbonyl (C=O) groups excluding carboxylic acids is 3. The molecule has 1 amide bonds. The normalized spacial score (nSPS) is 9.96. The lowest BCUT2D eigenvalue weighted by Crippen LogP contribution is -2.30. The second kappa shape index (κ2) is 8.09. The number of hydrogen-bond donors (Lipinski definition) is 1. The average molecular weight is 333 g/mol. The monoisotopic (exact) mass is 333 g/mol. The molecule has 0 spiro atoms. The highest BCUT2D eigenvalue weighted by molar-refractivity contribution is 7.12. The Morgan fingerprint density at radius 3 is 2.70 bits per heavy atom. The summed E-state index contributed by atoms with van der Waals surface area (Å²) in [4.78, 5) is 35.3. The molecule has 0 fully saturated rings. The third-order valence-electron chi connectivity index (χ3n) is 2.89. The minimum absolute atomic E-state index is 0.0124. The summed E-state index contributed by atoms with van der Waals surface area (Å²) in [6.07, 6.45) is 0. The van der Waals surface area contributed by atoms with Crippen molar-refractivity contribution in [2.24, 2.45) is 0 Å². The highest BCUT2D eigenvalue weighted by Gasteiger charge is 2.10. The van der Waals surface area contributed by atoms with Gasteiger partial charge in [0.2, 0.25) is 0 Å². The molecule has 7 heteroatoms. The van der Waals surface area contributed by atoms with Crippen molar-refractivity contribution in [3.05, 3.63) is 57.8 Å². The van der Waals surface area contributed by atoms with Crippen LogP contribution >= 0.6 is 11.3 Å². The highest BCUT2D eigenvalue weighted by atomic mass is 32.1. The highest BCUT2D eigenvalue weighted by Crippen LogP contribution is 2.09. The molecule has 0 saturated carbocycles. The summed E-state index contributed by atoms with van der Waals surface area (Å²) in [6, 6.07) is 10.0. The number of benzene rings is 1. The van der Waals surface area contributed by atoms with Crippen LogP contribution in [-0.4, -0.2) is 31.5 Å². The van der Waals surface area contributed by atoms with E-state index in [1.165, 1.54) is 18.4 Å². The van der Waals surface area contributed by atoms with Crippen molar-refractivity contribution in [1.29, 1.82) is 0 Å². The van der Waals surface area contributed by atoms with Gasteiger partial charge in [0, 0.05) is 0 Å². The number of methoxy groups -OCH3 is 1. The molecular formula is C16H15NO5S. The van der Waals surface area contributed by atoms with Crippen LogP contribution in [0.5, 0.6) is 0 Å². The molecule has 0 aliphatic heterocycles. The zero-order chi connectivity index (χ0) is 16.7. The lowest BCUT2D eigenvalue weighted by Gasteiger charge is -2.07. The molecule has 23 heavy (non-hydrogen) atoms. The fraction of sp³-hybridized carbons (Fsp3) is 0.188. The minimum Gasteiger partial charge on any atom is -0.465 e. The Hall–Kier alpha value is -2.67. The molecule has 1 N–H and O–H groups in total. The number of thiophene rings is 1. The van der Waals surface area contributed by atoms with Crippen molar-refractivity contribution in [3.63, 3.8) is 0 Å². The van der Waals surface area contributed by atoms with E-state index in [0.717, 1.165) is 0 Å². The molecule has 0 radical (unpaired) electrons. The zero-order valence-electron chi connectivity index (χ0n) is 12.4. The zero-order valence-corrected chi connectivity index (χ0v) is 13.2. The first-order valence-corrected chi connectivity index (χ1v) is 7.62. The molecule has 1 aromatic heterocycles. The first-order valence-electron chi connectivity index (χ1n) is 6.74. The van der Waals surface area contributed by atoms with Crippen LogP contribution in [0.1, 0.15) is 25.6 Å². The van der Waals surface area contributed by atoms with Crippen LogP contribution in [0, 0.1) is 0 Å². The Balaban J connectivity index is 1.80. The van der Waals surface area contributed by atoms with Crippen molar-refractivity contribution < 1.29 is 23.9 Å². The molecule has 6 nitrogen and oxygen atoms in total. The molecule has 2 aromatic rings. The van der Waals surface area contributed by atoms with Gasteiger partial charge in [-0.3, -0.25) is 9.59 Å². The van der Waals surface area contributed by atoms with Gasteiger partial charge in [-0.05, 0) is 29.1 Å². The van der Waals surface area contributed by atoms with Crippen LogP contribution in [0.3, 0.4) is 0 Å². The predicted molar refractivity (Wildman–Crippen MR) is 84.2 cm³/mol. The summed E-state index contributed by atoms with van der Waals surface area (Å²) in [5, 5.41) is 4.26. The SMILES string of the molecule is COC(=O)c1cccc(COC(=O)CNC(=O)c2cccs2)c1. The summed E-state index contributed by atoms with van der Waals surface area (Å²) in [5.41, 5.74) is 1.04. The van der Waals surface area contributed by atoms with Crippen LogP contribution in [0.25, 0.3) is 0 Å². The van der Waals surface area contributed by atoms with E-state index in [1.807, 2.05) is 0 Å². The van der Waals surface area contributed by atoms with Gasteiger partial charge in [0.15, 0.2) is 0 Å². The first-order chi connectivity index (χ1) is 11.1. The molecule has 1 aromatic carbocycles. The third kappa shape index (κ3) is 4.93. The summed E-state index contributed by atoms with van der Waals surface area (Å²) < 4.78 is 9.69. The molecule has 0 unspecified atom stereocenters. The van der Waals surface area contributed by atoms with Gasteiger partial charge in [-0.25, -0.2) is 4.79 Å². The number of rotatable bonds is 6. The van der Waals surface area contributed by atoms with Gasteiger partial charge in [-0.2, -0.15) is 0 Å². The van der Waals surface area contributed by atoms with Crippen molar-refractivity contribution >= 4 is 29.2 Å². The molecule has 0 bridgehead atoms. The maximum absolute atomic E-state index is 11.7. The third-order valence-corrected chi connectivity index (χ3v) is 3.75. The lowest BCUT2D eigenvalue weighted by atomic mass is 10.1. The Kier molecular flexibility index (Phi) is 5.87. The second-order valence-electron chi connectivity index (χ2n) is 4.51. The standard InChI is InChI=1S/C16H15NO5S/c1-21-16(20)12-5-2-4-11(8-12)10-22-14(18)9-17-15(19)13-6-3-7-23-13/h2-8H,9-10H2,1H3,(H,17,19). The van der Waals surface area contributed by atoms with E-state index in [-0.39, 0.29) is 19.1 Å². The number of nitrogens with one attached hydrogen (secondary N) is 1. The molecule has 0 saturated heterocycles. The lowest BCUT2D eigenvalue weighted by molar-refractivity contribution is -0.143. The van der Waals surface area contributed by atoms with Crippen LogP contribution in [-0.2, 0) is 20.9 Å². The number of carbonyl (C=O) groups is 3. The predicted octanol–water partition coefficient (Wildman–Crippen LogP) is 2.01. The van der Waals surface area contributed by atoms with Gasteiger partial charge in [0.1, 0.15) is 13.2 Å².